The fraction of sp³-hybridized carbons (Fsp3) is 0.174. The van der Waals surface area contributed by atoms with Gasteiger partial charge in [0.15, 0.2) is 0 Å². The van der Waals surface area contributed by atoms with Crippen LogP contribution in [0.5, 0.6) is 5.75 Å². The fourth-order valence-electron chi connectivity index (χ4n) is 2.91. The van der Waals surface area contributed by atoms with Gasteiger partial charge in [0.2, 0.25) is 0 Å². The quantitative estimate of drug-likeness (QED) is 0.592. The van der Waals surface area contributed by atoms with Gasteiger partial charge in [-0.05, 0) is 42.8 Å². The predicted molar refractivity (Wildman–Crippen MR) is 107 cm³/mol. The predicted octanol–water partition coefficient (Wildman–Crippen LogP) is 5.03. The summed E-state index contributed by atoms with van der Waals surface area (Å²) >= 11 is 0. The Bertz CT molecular complexity index is 898. The second-order valence-corrected chi connectivity index (χ2v) is 6.37. The molecule has 0 aliphatic heterocycles. The molecule has 4 heteroatoms. The maximum absolute atomic E-state index is 13.1. The summed E-state index contributed by atoms with van der Waals surface area (Å²) in [6.07, 6.45) is 3.71. The van der Waals surface area contributed by atoms with Gasteiger partial charge >= 0.3 is 0 Å². The van der Waals surface area contributed by atoms with E-state index in [0.29, 0.717) is 24.4 Å². The highest BCUT2D eigenvalue weighted by Gasteiger charge is 2.18. The number of carbonyl (C=O) groups excluding carboxylic acids is 1. The first-order chi connectivity index (χ1) is 13.2. The monoisotopic (exact) mass is 361 g/mol. The van der Waals surface area contributed by atoms with E-state index in [1.54, 1.807) is 30.4 Å². The average Bonchev–Trinajstić information content (AvgIpc) is 3.21. The molecule has 0 N–H and O–H groups in total. The van der Waals surface area contributed by atoms with Crippen molar-refractivity contribution in [3.8, 4) is 5.75 Å². The second kappa shape index (κ2) is 8.90. The Hall–Kier alpha value is -3.27. The van der Waals surface area contributed by atoms with Crippen molar-refractivity contribution < 1.29 is 13.9 Å². The van der Waals surface area contributed by atoms with Crippen LogP contribution >= 0.6 is 0 Å². The Balaban J connectivity index is 1.84. The topological polar surface area (TPSA) is 42.7 Å². The van der Waals surface area contributed by atoms with Crippen LogP contribution in [0.1, 0.15) is 28.6 Å². The molecule has 3 aromatic rings. The van der Waals surface area contributed by atoms with Crippen molar-refractivity contribution in [2.45, 2.75) is 13.5 Å². The largest absolute Gasteiger partial charge is 0.497 e. The standard InChI is InChI=1S/C23H23NO3/c1-18(14-19-8-4-3-5-9-19)16-24(17-22-12-7-13-27-22)23(25)20-10-6-11-21(15-20)26-2/h3-15H,16-17H2,1-2H3/b18-14+. The maximum Gasteiger partial charge on any atom is 0.254 e. The zero-order valence-corrected chi connectivity index (χ0v) is 15.6. The number of benzene rings is 2. The van der Waals surface area contributed by atoms with Gasteiger partial charge in [-0.2, -0.15) is 0 Å². The van der Waals surface area contributed by atoms with E-state index in [1.807, 2.05) is 61.5 Å². The number of methoxy groups -OCH3 is 1. The molecule has 0 aliphatic carbocycles. The lowest BCUT2D eigenvalue weighted by molar-refractivity contribution is 0.0747. The van der Waals surface area contributed by atoms with Gasteiger partial charge in [-0.3, -0.25) is 4.79 Å². The van der Waals surface area contributed by atoms with Crippen LogP contribution < -0.4 is 4.74 Å². The highest BCUT2D eigenvalue weighted by molar-refractivity contribution is 5.94. The highest BCUT2D eigenvalue weighted by atomic mass is 16.5. The number of carbonyl (C=O) groups is 1. The molecule has 4 nitrogen and oxygen atoms in total. The summed E-state index contributed by atoms with van der Waals surface area (Å²) in [5.74, 6) is 1.35. The smallest absolute Gasteiger partial charge is 0.254 e. The summed E-state index contributed by atoms with van der Waals surface area (Å²) in [7, 11) is 1.59. The molecule has 1 heterocycles. The van der Waals surface area contributed by atoms with Crippen LogP contribution in [0.2, 0.25) is 0 Å². The van der Waals surface area contributed by atoms with Gasteiger partial charge in [-0.1, -0.05) is 48.0 Å². The molecular weight excluding hydrogens is 338 g/mol. The van der Waals surface area contributed by atoms with Gasteiger partial charge in [0.1, 0.15) is 11.5 Å². The molecule has 0 saturated carbocycles. The Morgan fingerprint density at radius 3 is 2.59 bits per heavy atom. The Morgan fingerprint density at radius 2 is 1.89 bits per heavy atom. The zero-order valence-electron chi connectivity index (χ0n) is 15.6. The van der Waals surface area contributed by atoms with E-state index in [4.69, 9.17) is 9.15 Å². The van der Waals surface area contributed by atoms with Gasteiger partial charge in [-0.25, -0.2) is 0 Å². The van der Waals surface area contributed by atoms with Crippen molar-refractivity contribution in [2.24, 2.45) is 0 Å². The van der Waals surface area contributed by atoms with Crippen LogP contribution in [0.25, 0.3) is 6.08 Å². The molecule has 0 spiro atoms. The van der Waals surface area contributed by atoms with E-state index in [1.165, 1.54) is 0 Å². The number of furan rings is 1. The Labute approximate surface area is 159 Å². The van der Waals surface area contributed by atoms with Gasteiger partial charge in [0.25, 0.3) is 5.91 Å². The Morgan fingerprint density at radius 1 is 1.07 bits per heavy atom. The van der Waals surface area contributed by atoms with E-state index in [-0.39, 0.29) is 5.91 Å². The van der Waals surface area contributed by atoms with E-state index in [2.05, 4.69) is 6.08 Å². The third kappa shape index (κ3) is 5.11. The lowest BCUT2D eigenvalue weighted by atomic mass is 10.1. The third-order valence-corrected chi connectivity index (χ3v) is 4.18. The van der Waals surface area contributed by atoms with Gasteiger partial charge in [0, 0.05) is 12.1 Å². The minimum atomic E-state index is -0.0638. The van der Waals surface area contributed by atoms with Crippen molar-refractivity contribution in [2.75, 3.05) is 13.7 Å². The van der Waals surface area contributed by atoms with Crippen molar-refractivity contribution in [1.29, 1.82) is 0 Å². The number of nitrogens with zero attached hydrogens (tertiary/aromatic N) is 1. The first-order valence-electron chi connectivity index (χ1n) is 8.83. The number of amides is 1. The van der Waals surface area contributed by atoms with Gasteiger partial charge in [-0.15, -0.1) is 0 Å². The molecule has 0 aliphatic rings. The van der Waals surface area contributed by atoms with E-state index in [0.717, 1.165) is 16.9 Å². The minimum Gasteiger partial charge on any atom is -0.497 e. The van der Waals surface area contributed by atoms with Crippen molar-refractivity contribution in [3.63, 3.8) is 0 Å². The van der Waals surface area contributed by atoms with Crippen LogP contribution in [0.4, 0.5) is 0 Å². The lowest BCUT2D eigenvalue weighted by Gasteiger charge is -2.22. The van der Waals surface area contributed by atoms with E-state index < -0.39 is 0 Å². The molecule has 1 amide bonds. The van der Waals surface area contributed by atoms with Crippen LogP contribution in [0.15, 0.2) is 83.0 Å². The van der Waals surface area contributed by atoms with Gasteiger partial charge < -0.3 is 14.1 Å². The average molecular weight is 361 g/mol. The van der Waals surface area contributed by atoms with Crippen molar-refractivity contribution >= 4 is 12.0 Å². The molecule has 1 aromatic heterocycles. The molecule has 0 unspecified atom stereocenters. The molecule has 0 atom stereocenters. The summed E-state index contributed by atoms with van der Waals surface area (Å²) in [6.45, 7) is 2.94. The lowest BCUT2D eigenvalue weighted by Crippen LogP contribution is -2.32. The number of rotatable bonds is 7. The summed E-state index contributed by atoms with van der Waals surface area (Å²) in [4.78, 5) is 14.9. The molecule has 27 heavy (non-hydrogen) atoms. The number of hydrogen-bond donors (Lipinski definition) is 0. The summed E-state index contributed by atoms with van der Waals surface area (Å²) < 4.78 is 10.7. The molecule has 0 bridgehead atoms. The first-order valence-corrected chi connectivity index (χ1v) is 8.83. The van der Waals surface area contributed by atoms with E-state index in [9.17, 15) is 4.79 Å². The van der Waals surface area contributed by atoms with Crippen LogP contribution in [-0.4, -0.2) is 24.5 Å². The first kappa shape index (κ1) is 18.5. The number of hydrogen-bond acceptors (Lipinski definition) is 3. The SMILES string of the molecule is COc1cccc(C(=O)N(C/C(C)=C/c2ccccc2)Cc2ccco2)c1. The zero-order chi connectivity index (χ0) is 19.1. The molecule has 0 saturated heterocycles. The highest BCUT2D eigenvalue weighted by Crippen LogP contribution is 2.18. The van der Waals surface area contributed by atoms with Crippen LogP contribution in [0.3, 0.4) is 0 Å². The molecule has 138 valence electrons. The molecule has 0 fully saturated rings. The Kier molecular flexibility index (Phi) is 6.10. The summed E-state index contributed by atoms with van der Waals surface area (Å²) in [5, 5.41) is 0. The molecular formula is C23H23NO3. The maximum atomic E-state index is 13.1. The fourth-order valence-corrected chi connectivity index (χ4v) is 2.91. The molecule has 2 aromatic carbocycles. The van der Waals surface area contributed by atoms with Crippen LogP contribution in [0, 0.1) is 0 Å². The van der Waals surface area contributed by atoms with Gasteiger partial charge in [0.05, 0.1) is 19.9 Å². The third-order valence-electron chi connectivity index (χ3n) is 4.18. The van der Waals surface area contributed by atoms with Crippen molar-refractivity contribution in [3.05, 3.63) is 95.5 Å². The summed E-state index contributed by atoms with van der Waals surface area (Å²) in [5.41, 5.74) is 2.79. The summed E-state index contributed by atoms with van der Waals surface area (Å²) in [6, 6.07) is 21.0. The minimum absolute atomic E-state index is 0.0638. The van der Waals surface area contributed by atoms with Crippen LogP contribution in [-0.2, 0) is 6.54 Å². The van der Waals surface area contributed by atoms with E-state index >= 15 is 0 Å². The number of ether oxygens (including phenoxy) is 1. The van der Waals surface area contributed by atoms with Crippen molar-refractivity contribution in [1.82, 2.24) is 4.90 Å². The molecule has 3 rings (SSSR count). The second-order valence-electron chi connectivity index (χ2n) is 6.37. The normalized spacial score (nSPS) is 11.3. The molecule has 0 radical (unpaired) electrons.